The molecule has 1 aromatic rings. The minimum Gasteiger partial charge on any atom is -0.465 e. The highest BCUT2D eigenvalue weighted by Gasteiger charge is 2.49. The Balaban J connectivity index is 0.00000225. The van der Waals surface area contributed by atoms with Crippen molar-refractivity contribution in [2.45, 2.75) is 38.1 Å². The first-order chi connectivity index (χ1) is 11.6. The van der Waals surface area contributed by atoms with E-state index in [1.165, 1.54) is 0 Å². The molecule has 5 atom stereocenters. The Labute approximate surface area is 155 Å². The third-order valence-corrected chi connectivity index (χ3v) is 5.54. The fourth-order valence-electron chi connectivity index (χ4n) is 4.31. The van der Waals surface area contributed by atoms with E-state index in [-0.39, 0.29) is 42.8 Å². The lowest BCUT2D eigenvalue weighted by Gasteiger charge is -2.27. The Morgan fingerprint density at radius 1 is 1.24 bits per heavy atom. The molecule has 5 nitrogen and oxygen atoms in total. The van der Waals surface area contributed by atoms with Gasteiger partial charge in [-0.15, -0.1) is 12.4 Å². The molecule has 2 aliphatic carbocycles. The van der Waals surface area contributed by atoms with Gasteiger partial charge in [0.1, 0.15) is 0 Å². The molecule has 6 heteroatoms. The number of benzene rings is 1. The second-order valence-corrected chi connectivity index (χ2v) is 6.90. The maximum absolute atomic E-state index is 12.6. The Kier molecular flexibility index (Phi) is 6.85. The Morgan fingerprint density at radius 2 is 1.92 bits per heavy atom. The molecule has 3 rings (SSSR count). The normalized spacial score (nSPS) is 28.1. The van der Waals surface area contributed by atoms with Crippen molar-refractivity contribution in [3.63, 3.8) is 0 Å². The quantitative estimate of drug-likeness (QED) is 0.756. The molecule has 0 spiro atoms. The SMILES string of the molecule is CCOC(=O)C(CNC(=O)C1C2CCC(C2)C1N)c1ccccc1.Cl. The summed E-state index contributed by atoms with van der Waals surface area (Å²) in [6.45, 7) is 2.36. The Hall–Kier alpha value is -1.59. The lowest BCUT2D eigenvalue weighted by molar-refractivity contribution is -0.145. The Morgan fingerprint density at radius 3 is 2.52 bits per heavy atom. The van der Waals surface area contributed by atoms with E-state index < -0.39 is 5.92 Å². The van der Waals surface area contributed by atoms with Gasteiger partial charge in [-0.1, -0.05) is 30.3 Å². The number of carbonyl (C=O) groups is 2. The van der Waals surface area contributed by atoms with Crippen molar-refractivity contribution in [1.82, 2.24) is 5.32 Å². The van der Waals surface area contributed by atoms with Gasteiger partial charge in [0, 0.05) is 12.6 Å². The van der Waals surface area contributed by atoms with E-state index in [0.717, 1.165) is 24.8 Å². The second kappa shape index (κ2) is 8.68. The minimum atomic E-state index is -0.482. The van der Waals surface area contributed by atoms with Gasteiger partial charge in [-0.25, -0.2) is 0 Å². The zero-order valence-corrected chi connectivity index (χ0v) is 15.3. The van der Waals surface area contributed by atoms with Gasteiger partial charge in [-0.3, -0.25) is 9.59 Å². The number of nitrogens with two attached hydrogens (primary N) is 1. The number of rotatable bonds is 6. The number of amides is 1. The van der Waals surface area contributed by atoms with Crippen LogP contribution in [0, 0.1) is 17.8 Å². The third kappa shape index (κ3) is 4.15. The van der Waals surface area contributed by atoms with Crippen LogP contribution in [-0.2, 0) is 14.3 Å². The van der Waals surface area contributed by atoms with Gasteiger partial charge < -0.3 is 15.8 Å². The lowest BCUT2D eigenvalue weighted by Crippen LogP contribution is -2.46. The van der Waals surface area contributed by atoms with Crippen molar-refractivity contribution in [3.8, 4) is 0 Å². The van der Waals surface area contributed by atoms with Crippen LogP contribution in [0.5, 0.6) is 0 Å². The number of carbonyl (C=O) groups excluding carboxylic acids is 2. The fraction of sp³-hybridized carbons (Fsp3) is 0.579. The molecular weight excluding hydrogens is 340 g/mol. The van der Waals surface area contributed by atoms with Crippen molar-refractivity contribution < 1.29 is 14.3 Å². The van der Waals surface area contributed by atoms with E-state index in [1.54, 1.807) is 6.92 Å². The molecule has 0 aromatic heterocycles. The molecule has 2 aliphatic rings. The number of hydrogen-bond acceptors (Lipinski definition) is 4. The van der Waals surface area contributed by atoms with Gasteiger partial charge >= 0.3 is 5.97 Å². The maximum Gasteiger partial charge on any atom is 0.315 e. The van der Waals surface area contributed by atoms with Gasteiger partial charge in [0.2, 0.25) is 5.91 Å². The van der Waals surface area contributed by atoms with Crippen LogP contribution < -0.4 is 11.1 Å². The number of halogens is 1. The first-order valence-electron chi connectivity index (χ1n) is 8.86. The summed E-state index contributed by atoms with van der Waals surface area (Å²) < 4.78 is 5.17. The van der Waals surface area contributed by atoms with Crippen molar-refractivity contribution >= 4 is 24.3 Å². The molecule has 0 radical (unpaired) electrons. The van der Waals surface area contributed by atoms with E-state index in [0.29, 0.717) is 18.4 Å². The van der Waals surface area contributed by atoms with Crippen molar-refractivity contribution in [2.75, 3.05) is 13.2 Å². The highest BCUT2D eigenvalue weighted by atomic mass is 35.5. The van der Waals surface area contributed by atoms with E-state index in [4.69, 9.17) is 10.5 Å². The predicted octanol–water partition coefficient (Wildman–Crippen LogP) is 2.24. The summed E-state index contributed by atoms with van der Waals surface area (Å²) in [5.74, 6) is -0.0167. The van der Waals surface area contributed by atoms with Gasteiger partial charge in [0.25, 0.3) is 0 Å². The van der Waals surface area contributed by atoms with Crippen LogP contribution in [-0.4, -0.2) is 31.1 Å². The highest BCUT2D eigenvalue weighted by molar-refractivity contribution is 5.85. The topological polar surface area (TPSA) is 81.4 Å². The molecule has 5 unspecified atom stereocenters. The molecule has 25 heavy (non-hydrogen) atoms. The monoisotopic (exact) mass is 366 g/mol. The summed E-state index contributed by atoms with van der Waals surface area (Å²) in [5.41, 5.74) is 7.09. The first-order valence-corrected chi connectivity index (χ1v) is 8.86. The summed E-state index contributed by atoms with van der Waals surface area (Å²) in [7, 11) is 0. The van der Waals surface area contributed by atoms with Gasteiger partial charge in [-0.05, 0) is 43.6 Å². The van der Waals surface area contributed by atoms with Crippen LogP contribution in [0.25, 0.3) is 0 Å². The van der Waals surface area contributed by atoms with Crippen LogP contribution in [0.2, 0.25) is 0 Å². The van der Waals surface area contributed by atoms with Crippen molar-refractivity contribution in [3.05, 3.63) is 35.9 Å². The molecule has 2 fully saturated rings. The number of hydrogen-bond donors (Lipinski definition) is 2. The average molecular weight is 367 g/mol. The summed E-state index contributed by atoms with van der Waals surface area (Å²) >= 11 is 0. The number of nitrogens with one attached hydrogen (secondary N) is 1. The smallest absolute Gasteiger partial charge is 0.315 e. The zero-order valence-electron chi connectivity index (χ0n) is 14.5. The molecule has 2 saturated carbocycles. The zero-order chi connectivity index (χ0) is 17.1. The largest absolute Gasteiger partial charge is 0.465 e. The van der Waals surface area contributed by atoms with Crippen molar-refractivity contribution in [1.29, 1.82) is 0 Å². The lowest BCUT2D eigenvalue weighted by atomic mass is 9.84. The van der Waals surface area contributed by atoms with Gasteiger partial charge in [0.05, 0.1) is 18.4 Å². The predicted molar refractivity (Wildman–Crippen MR) is 98.4 cm³/mol. The van der Waals surface area contributed by atoms with E-state index in [2.05, 4.69) is 5.32 Å². The number of fused-ring (bicyclic) bond motifs is 2. The molecular formula is C19H27ClN2O3. The van der Waals surface area contributed by atoms with Crippen LogP contribution in [0.1, 0.15) is 37.7 Å². The van der Waals surface area contributed by atoms with E-state index in [9.17, 15) is 9.59 Å². The third-order valence-electron chi connectivity index (χ3n) is 5.54. The molecule has 1 amide bonds. The molecule has 1 aromatic carbocycles. The molecule has 138 valence electrons. The number of ether oxygens (including phenoxy) is 1. The van der Waals surface area contributed by atoms with E-state index >= 15 is 0 Å². The van der Waals surface area contributed by atoms with E-state index in [1.807, 2.05) is 30.3 Å². The molecule has 0 saturated heterocycles. The number of esters is 1. The minimum absolute atomic E-state index is 0. The summed E-state index contributed by atoms with van der Waals surface area (Å²) in [6.07, 6.45) is 3.31. The van der Waals surface area contributed by atoms with Crippen LogP contribution in [0.15, 0.2) is 30.3 Å². The average Bonchev–Trinajstić information content (AvgIpc) is 3.17. The fourth-order valence-corrected chi connectivity index (χ4v) is 4.31. The van der Waals surface area contributed by atoms with Crippen LogP contribution >= 0.6 is 12.4 Å². The Bertz CT molecular complexity index is 594. The molecule has 3 N–H and O–H groups in total. The van der Waals surface area contributed by atoms with Crippen LogP contribution in [0.3, 0.4) is 0 Å². The summed E-state index contributed by atoms with van der Waals surface area (Å²) in [4.78, 5) is 24.9. The standard InChI is InChI=1S/C19H26N2O3.ClH/c1-2-24-19(23)15(12-6-4-3-5-7-12)11-21-18(22)16-13-8-9-14(10-13)17(16)20;/h3-7,13-17H,2,8-11,20H2,1H3,(H,21,22);1H. The van der Waals surface area contributed by atoms with Crippen molar-refractivity contribution in [2.24, 2.45) is 23.5 Å². The summed E-state index contributed by atoms with van der Waals surface area (Å²) in [6, 6.07) is 9.40. The van der Waals surface area contributed by atoms with Gasteiger partial charge in [0.15, 0.2) is 0 Å². The first kappa shape index (κ1) is 19.7. The van der Waals surface area contributed by atoms with Gasteiger partial charge in [-0.2, -0.15) is 0 Å². The highest BCUT2D eigenvalue weighted by Crippen LogP contribution is 2.47. The molecule has 2 bridgehead atoms. The molecule has 0 heterocycles. The molecule has 0 aliphatic heterocycles. The maximum atomic E-state index is 12.6. The summed E-state index contributed by atoms with van der Waals surface area (Å²) in [5, 5.41) is 2.96. The van der Waals surface area contributed by atoms with Crippen LogP contribution in [0.4, 0.5) is 0 Å². The second-order valence-electron chi connectivity index (χ2n) is 6.90.